The molecule has 13 rings (SSSR count). The number of nitrogens with one attached hydrogen (secondary N) is 4. The van der Waals surface area contributed by atoms with Crippen LogP contribution in [-0.4, -0.2) is 226 Å². The van der Waals surface area contributed by atoms with Gasteiger partial charge in [-0.25, -0.2) is 19.9 Å². The van der Waals surface area contributed by atoms with Gasteiger partial charge in [0.25, 0.3) is 22.2 Å². The van der Waals surface area contributed by atoms with E-state index in [0.29, 0.717) is 54.0 Å². The van der Waals surface area contributed by atoms with Crippen molar-refractivity contribution < 1.29 is 0 Å². The Balaban J connectivity index is 0.000000156. The van der Waals surface area contributed by atoms with Crippen LogP contribution in [-0.2, 0) is 13.1 Å². The van der Waals surface area contributed by atoms with Crippen molar-refractivity contribution in [1.82, 2.24) is 68.4 Å². The second kappa shape index (κ2) is 44.1. The Morgan fingerprint density at radius 3 is 1.32 bits per heavy atom. The average Bonchev–Trinajstić information content (AvgIpc) is 0.816. The molecule has 0 aliphatic carbocycles. The number of anilines is 4. The van der Waals surface area contributed by atoms with Crippen LogP contribution in [0.15, 0.2) is 213 Å². The molecule has 4 aromatic heterocycles. The zero-order valence-corrected chi connectivity index (χ0v) is 65.3. The molecule has 0 spiro atoms. The van der Waals surface area contributed by atoms with Gasteiger partial charge in [0.2, 0.25) is 0 Å². The fourth-order valence-corrected chi connectivity index (χ4v) is 14.8. The van der Waals surface area contributed by atoms with Crippen LogP contribution in [0.2, 0.25) is 0 Å². The number of likely N-dealkylation sites (tertiary alicyclic amines) is 5. The minimum absolute atomic E-state index is 0.0300. The maximum Gasteiger partial charge on any atom is 0.293 e. The van der Waals surface area contributed by atoms with Gasteiger partial charge < -0.3 is 49.3 Å². The van der Waals surface area contributed by atoms with Crippen molar-refractivity contribution in [2.75, 3.05) is 153 Å². The Bertz CT molecular complexity index is 4320. The van der Waals surface area contributed by atoms with Crippen LogP contribution in [0.4, 0.5) is 23.3 Å². The fourth-order valence-electron chi connectivity index (χ4n) is 14.8. The summed E-state index contributed by atoms with van der Waals surface area (Å²) >= 11 is 0. The highest BCUT2D eigenvalue weighted by molar-refractivity contribution is 5.54. The minimum atomic E-state index is -0.152. The Kier molecular flexibility index (Phi) is 33.1. The number of hydrogen-bond acceptors (Lipinski definition) is 18. The molecule has 109 heavy (non-hydrogen) atoms. The van der Waals surface area contributed by atoms with Crippen LogP contribution in [0.5, 0.6) is 0 Å². The van der Waals surface area contributed by atoms with E-state index in [1.54, 1.807) is 47.9 Å². The van der Waals surface area contributed by atoms with E-state index in [9.17, 15) is 19.2 Å². The van der Waals surface area contributed by atoms with Crippen LogP contribution < -0.4 is 42.7 Å². The molecule has 22 nitrogen and oxygen atoms in total. The third-order valence-electron chi connectivity index (χ3n) is 21.2. The highest BCUT2D eigenvalue weighted by atomic mass is 16.1. The summed E-state index contributed by atoms with van der Waals surface area (Å²) in [6, 6.07) is 43.1. The second-order valence-electron chi connectivity index (χ2n) is 29.8. The number of rotatable bonds is 26. The molecule has 9 heterocycles. The number of H-pyrrole nitrogens is 2. The largest absolute Gasteiger partial charge is 0.363 e. The number of piperidine rings is 5. The molecule has 0 atom stereocenters. The van der Waals surface area contributed by atoms with E-state index >= 15 is 0 Å². The Labute approximate surface area is 645 Å². The summed E-state index contributed by atoms with van der Waals surface area (Å²) in [6.45, 7) is 22.1. The third-order valence-corrected chi connectivity index (χ3v) is 21.2. The van der Waals surface area contributed by atoms with Gasteiger partial charge in [0.15, 0.2) is 23.3 Å². The lowest BCUT2D eigenvalue weighted by molar-refractivity contribution is 0.219. The summed E-state index contributed by atoms with van der Waals surface area (Å²) in [5.41, 5.74) is 7.49. The second-order valence-corrected chi connectivity index (χ2v) is 29.8. The van der Waals surface area contributed by atoms with Crippen LogP contribution in [0.25, 0.3) is 24.3 Å². The number of aromatic nitrogens is 8. The topological polar surface area (TPSA) is 211 Å². The van der Waals surface area contributed by atoms with E-state index in [0.717, 1.165) is 163 Å². The van der Waals surface area contributed by atoms with Crippen LogP contribution >= 0.6 is 0 Å². The number of benzene rings is 4. The maximum atomic E-state index is 13.1. The monoisotopic (exact) mass is 1480 g/mol. The van der Waals surface area contributed by atoms with Gasteiger partial charge >= 0.3 is 0 Å². The first-order valence-corrected chi connectivity index (χ1v) is 39.5. The van der Waals surface area contributed by atoms with Crippen molar-refractivity contribution in [1.29, 1.82) is 0 Å². The van der Waals surface area contributed by atoms with Gasteiger partial charge in [-0.05, 0) is 127 Å². The lowest BCUT2D eigenvalue weighted by atomic mass is 10.0. The molecule has 8 aromatic rings. The molecule has 580 valence electrons. The predicted octanol–water partition coefficient (Wildman–Crippen LogP) is 11.3. The summed E-state index contributed by atoms with van der Waals surface area (Å²) in [5, 5.41) is 6.63. The van der Waals surface area contributed by atoms with Crippen LogP contribution in [0, 0.1) is 0 Å². The molecule has 0 unspecified atom stereocenters. The SMILES string of the molecule is C/C(=C\c1ccccc1)CN1CCC(N(C)c2ncc[nH]c2=O)CC1.C/C(=C\c1ccccc1)CN1CCC(N(C)c2nccn(CCN3CCCCC3)c2=O)CC1.CN(C)CCn1ccnc(NC2CCN(C/C=C/c3ccccc3)CC2)c1=O.O=c1[nH]ccnc1NC1CCN(C/C=C/c2ccccc2)CC1. The molecular weight excluding hydrogens is 1360 g/mol. The fraction of sp³-hybridized carbons (Fsp3) is 0.448. The summed E-state index contributed by atoms with van der Waals surface area (Å²) in [7, 11) is 8.03. The van der Waals surface area contributed by atoms with Crippen molar-refractivity contribution in [2.45, 2.75) is 122 Å². The Hall–Kier alpha value is -9.68. The summed E-state index contributed by atoms with van der Waals surface area (Å²) in [5.74, 6) is 2.01. The summed E-state index contributed by atoms with van der Waals surface area (Å²) in [6.07, 6.45) is 39.0. The highest BCUT2D eigenvalue weighted by Gasteiger charge is 2.28. The van der Waals surface area contributed by atoms with E-state index < -0.39 is 0 Å². The standard InChI is InChI=1S/C27H39N5O.C22H31N5O.C20H26N4O.C18H22N4O/c1-23(21-24-9-5-3-6-10-24)22-31-16-11-25(12-17-31)29(2)26-27(33)32(18-13-28-26)20-19-30-14-7-4-8-15-30;1-25(2)17-18-27-16-12-23-21(22(27)28)24-20-10-14-26(15-11-20)13-6-9-19-7-4-3-5-8-19;1-16(14-17-6-4-3-5-7-17)15-24-12-8-18(9-13-24)23(2)19-20(25)22-11-10-21-19;23-18-17(19-10-11-20-18)21-16-8-13-22(14-9-16)12-4-7-15-5-2-1-3-6-15/h3,5-6,9-10,13,18,21,25H,4,7-8,11-12,14-17,19-20,22H2,1-2H3;3-9,12,16,20H,10-11,13-15,17-18H2,1-2H3,(H,23,24);3-7,10-11,14,18H,8-9,12-13,15H2,1-2H3,(H,22,25);1-7,10-11,16H,8-9,12-14H2,(H,19,21)(H,20,23)/b23-21+;9-6+;16-14+;7-4+. The predicted molar refractivity (Wildman–Crippen MR) is 449 cm³/mol. The van der Waals surface area contributed by atoms with E-state index in [2.05, 4.69) is 228 Å². The maximum absolute atomic E-state index is 13.1. The number of aromatic amines is 2. The first-order valence-electron chi connectivity index (χ1n) is 39.5. The van der Waals surface area contributed by atoms with Gasteiger partial charge in [0, 0.05) is 193 Å². The van der Waals surface area contributed by atoms with Gasteiger partial charge in [-0.15, -0.1) is 0 Å². The summed E-state index contributed by atoms with van der Waals surface area (Å²) < 4.78 is 3.58. The van der Waals surface area contributed by atoms with Gasteiger partial charge in [0.05, 0.1) is 0 Å². The lowest BCUT2D eigenvalue weighted by Crippen LogP contribution is -2.46. The van der Waals surface area contributed by atoms with E-state index in [1.165, 1.54) is 52.7 Å². The van der Waals surface area contributed by atoms with Gasteiger partial charge in [-0.2, -0.15) is 0 Å². The first kappa shape index (κ1) is 81.8. The van der Waals surface area contributed by atoms with Crippen molar-refractivity contribution in [3.63, 3.8) is 0 Å². The van der Waals surface area contributed by atoms with Crippen molar-refractivity contribution in [3.8, 4) is 0 Å². The third kappa shape index (κ3) is 27.4. The zero-order valence-electron chi connectivity index (χ0n) is 65.3. The number of likely N-dealkylation sites (N-methyl/N-ethyl adjacent to an activating group) is 1. The van der Waals surface area contributed by atoms with Crippen molar-refractivity contribution in [3.05, 3.63) is 258 Å². The Morgan fingerprint density at radius 2 is 0.844 bits per heavy atom. The molecule has 5 saturated heterocycles. The van der Waals surface area contributed by atoms with E-state index in [1.807, 2.05) is 62.1 Å². The van der Waals surface area contributed by atoms with Crippen LogP contribution in [0.1, 0.15) is 107 Å². The molecule has 5 aliphatic rings. The minimum Gasteiger partial charge on any atom is -0.363 e. The summed E-state index contributed by atoms with van der Waals surface area (Å²) in [4.78, 5) is 90.3. The molecule has 0 saturated carbocycles. The molecule has 4 aromatic carbocycles. The molecule has 0 radical (unpaired) electrons. The number of nitrogens with zero attached hydrogens (tertiary/aromatic N) is 14. The van der Waals surface area contributed by atoms with Crippen LogP contribution in [0.3, 0.4) is 0 Å². The van der Waals surface area contributed by atoms with Gasteiger partial charge in [-0.1, -0.05) is 175 Å². The van der Waals surface area contributed by atoms with Gasteiger partial charge in [-0.3, -0.25) is 38.8 Å². The first-order chi connectivity index (χ1) is 53.2. The molecule has 22 heteroatoms. The smallest absolute Gasteiger partial charge is 0.293 e. The molecular formula is C87H118N18O4. The quantitative estimate of drug-likeness (QED) is 0.0397. The van der Waals surface area contributed by atoms with Gasteiger partial charge in [0.1, 0.15) is 0 Å². The van der Waals surface area contributed by atoms with Crippen molar-refractivity contribution in [2.24, 2.45) is 0 Å². The lowest BCUT2D eigenvalue weighted by Gasteiger charge is -2.37. The molecule has 4 N–H and O–H groups in total. The molecule has 5 fully saturated rings. The van der Waals surface area contributed by atoms with Crippen molar-refractivity contribution >= 4 is 47.6 Å². The zero-order chi connectivity index (χ0) is 76.4. The highest BCUT2D eigenvalue weighted by Crippen LogP contribution is 2.23. The normalized spacial score (nSPS) is 17.3. The molecule has 5 aliphatic heterocycles. The van der Waals surface area contributed by atoms with E-state index in [-0.39, 0.29) is 22.2 Å². The Morgan fingerprint density at radius 1 is 0.431 bits per heavy atom. The number of hydrogen-bond donors (Lipinski definition) is 4. The molecule has 0 bridgehead atoms. The molecule has 0 amide bonds. The van der Waals surface area contributed by atoms with E-state index in [4.69, 9.17) is 0 Å². The average molecular weight is 1480 g/mol.